The summed E-state index contributed by atoms with van der Waals surface area (Å²) in [5, 5.41) is 5.95. The highest BCUT2D eigenvalue weighted by Gasteiger charge is 2.09. The Morgan fingerprint density at radius 2 is 1.64 bits per heavy atom. The van der Waals surface area contributed by atoms with Gasteiger partial charge in [0.2, 0.25) is 0 Å². The van der Waals surface area contributed by atoms with Gasteiger partial charge in [0.1, 0.15) is 11.5 Å². The molecule has 0 atom stereocenters. The molecule has 1 aromatic heterocycles. The van der Waals surface area contributed by atoms with Gasteiger partial charge in [-0.1, -0.05) is 19.1 Å². The lowest BCUT2D eigenvalue weighted by molar-refractivity contribution is 0.102. The highest BCUT2D eigenvalue weighted by molar-refractivity contribution is 6.03. The van der Waals surface area contributed by atoms with Crippen LogP contribution in [0.5, 0.6) is 0 Å². The van der Waals surface area contributed by atoms with Crippen LogP contribution >= 0.6 is 0 Å². The average Bonchev–Trinajstić information content (AvgIpc) is 2.64. The van der Waals surface area contributed by atoms with Crippen molar-refractivity contribution in [3.8, 4) is 0 Å². The van der Waals surface area contributed by atoms with Crippen LogP contribution in [0.4, 0.5) is 21.5 Å². The molecule has 0 radical (unpaired) electrons. The first kappa shape index (κ1) is 16.6. The van der Waals surface area contributed by atoms with Crippen molar-refractivity contribution in [3.05, 3.63) is 83.9 Å². The Balaban J connectivity index is 1.71. The number of pyridine rings is 1. The van der Waals surface area contributed by atoms with Crippen molar-refractivity contribution in [3.63, 3.8) is 0 Å². The molecule has 1 amide bonds. The maximum atomic E-state index is 12.9. The second-order valence-corrected chi connectivity index (χ2v) is 5.57. The van der Waals surface area contributed by atoms with Gasteiger partial charge in [0, 0.05) is 23.3 Å². The third kappa shape index (κ3) is 4.41. The van der Waals surface area contributed by atoms with Gasteiger partial charge in [0.05, 0.1) is 0 Å². The molecule has 0 bridgehead atoms. The van der Waals surface area contributed by atoms with Crippen LogP contribution in [0.15, 0.2) is 66.9 Å². The van der Waals surface area contributed by atoms with Crippen molar-refractivity contribution in [2.75, 3.05) is 10.6 Å². The third-order valence-electron chi connectivity index (χ3n) is 3.75. The van der Waals surface area contributed by atoms with E-state index < -0.39 is 0 Å². The average molecular weight is 335 g/mol. The number of anilines is 3. The van der Waals surface area contributed by atoms with Crippen LogP contribution in [-0.2, 0) is 6.42 Å². The summed E-state index contributed by atoms with van der Waals surface area (Å²) in [5.41, 5.74) is 3.76. The van der Waals surface area contributed by atoms with Gasteiger partial charge in [0.25, 0.3) is 5.91 Å². The molecule has 25 heavy (non-hydrogen) atoms. The van der Waals surface area contributed by atoms with E-state index in [-0.39, 0.29) is 17.4 Å². The summed E-state index contributed by atoms with van der Waals surface area (Å²) >= 11 is 0. The van der Waals surface area contributed by atoms with E-state index in [9.17, 15) is 9.18 Å². The van der Waals surface area contributed by atoms with E-state index in [1.54, 1.807) is 18.3 Å². The highest BCUT2D eigenvalue weighted by Crippen LogP contribution is 2.18. The number of nitrogens with one attached hydrogen (secondary N) is 2. The van der Waals surface area contributed by atoms with Gasteiger partial charge in [-0.25, -0.2) is 4.39 Å². The van der Waals surface area contributed by atoms with Crippen LogP contribution in [0.2, 0.25) is 0 Å². The lowest BCUT2D eigenvalue weighted by Gasteiger charge is -2.09. The molecule has 0 aliphatic carbocycles. The molecule has 0 fully saturated rings. The standard InChI is InChI=1S/C20H18FN3O/c1-2-14-3-7-16(8-4-14)23-18-11-12-22-19(13-18)20(25)24-17-9-5-15(21)6-10-17/h3-13H,2H2,1H3,(H,22,23)(H,24,25). The second-order valence-electron chi connectivity index (χ2n) is 5.57. The van der Waals surface area contributed by atoms with Crippen LogP contribution in [0, 0.1) is 5.82 Å². The number of carbonyl (C=O) groups is 1. The summed E-state index contributed by atoms with van der Waals surface area (Å²) in [6, 6.07) is 17.2. The smallest absolute Gasteiger partial charge is 0.274 e. The minimum Gasteiger partial charge on any atom is -0.355 e. The van der Waals surface area contributed by atoms with Gasteiger partial charge in [-0.3, -0.25) is 9.78 Å². The Hall–Kier alpha value is -3.21. The van der Waals surface area contributed by atoms with Crippen molar-refractivity contribution in [2.24, 2.45) is 0 Å². The number of carbonyl (C=O) groups excluding carboxylic acids is 1. The maximum Gasteiger partial charge on any atom is 0.274 e. The Bertz CT molecular complexity index is 861. The first-order valence-corrected chi connectivity index (χ1v) is 8.03. The Kier molecular flexibility index (Phi) is 5.04. The van der Waals surface area contributed by atoms with Crippen LogP contribution in [-0.4, -0.2) is 10.9 Å². The lowest BCUT2D eigenvalue weighted by Crippen LogP contribution is -2.13. The summed E-state index contributed by atoms with van der Waals surface area (Å²) in [6.07, 6.45) is 2.56. The first-order valence-electron chi connectivity index (χ1n) is 8.03. The molecule has 0 unspecified atom stereocenters. The van der Waals surface area contributed by atoms with Crippen molar-refractivity contribution in [2.45, 2.75) is 13.3 Å². The van der Waals surface area contributed by atoms with Crippen LogP contribution in [0.3, 0.4) is 0 Å². The summed E-state index contributed by atoms with van der Waals surface area (Å²) in [4.78, 5) is 16.4. The van der Waals surface area contributed by atoms with Crippen LogP contribution in [0.25, 0.3) is 0 Å². The van der Waals surface area contributed by atoms with E-state index in [1.165, 1.54) is 29.8 Å². The summed E-state index contributed by atoms with van der Waals surface area (Å²) in [5.74, 6) is -0.701. The van der Waals surface area contributed by atoms with E-state index >= 15 is 0 Å². The predicted octanol–water partition coefficient (Wildman–Crippen LogP) is 4.78. The fraction of sp³-hybridized carbons (Fsp3) is 0.100. The molecule has 1 heterocycles. The van der Waals surface area contributed by atoms with E-state index in [2.05, 4.69) is 34.7 Å². The minimum absolute atomic E-state index is 0.277. The second kappa shape index (κ2) is 7.57. The van der Waals surface area contributed by atoms with Crippen molar-refractivity contribution in [1.82, 2.24) is 4.98 Å². The number of nitrogens with zero attached hydrogens (tertiary/aromatic N) is 1. The van der Waals surface area contributed by atoms with Gasteiger partial charge in [-0.15, -0.1) is 0 Å². The molecule has 0 aliphatic rings. The minimum atomic E-state index is -0.351. The van der Waals surface area contributed by atoms with Gasteiger partial charge in [0.15, 0.2) is 0 Å². The highest BCUT2D eigenvalue weighted by atomic mass is 19.1. The van der Waals surface area contributed by atoms with Crippen molar-refractivity contribution in [1.29, 1.82) is 0 Å². The number of hydrogen-bond donors (Lipinski definition) is 2. The Morgan fingerprint density at radius 3 is 2.32 bits per heavy atom. The maximum absolute atomic E-state index is 12.9. The Labute approximate surface area is 145 Å². The number of halogens is 1. The number of aryl methyl sites for hydroxylation is 1. The van der Waals surface area contributed by atoms with Gasteiger partial charge in [-0.2, -0.15) is 0 Å². The molecule has 2 N–H and O–H groups in total. The number of amides is 1. The van der Waals surface area contributed by atoms with E-state index in [0.717, 1.165) is 17.8 Å². The number of hydrogen-bond acceptors (Lipinski definition) is 3. The molecule has 4 nitrogen and oxygen atoms in total. The predicted molar refractivity (Wildman–Crippen MR) is 97.7 cm³/mol. The fourth-order valence-corrected chi connectivity index (χ4v) is 2.35. The molecule has 2 aromatic carbocycles. The van der Waals surface area contributed by atoms with E-state index in [4.69, 9.17) is 0 Å². The number of benzene rings is 2. The third-order valence-corrected chi connectivity index (χ3v) is 3.75. The molecule has 0 spiro atoms. The zero-order chi connectivity index (χ0) is 17.6. The Morgan fingerprint density at radius 1 is 0.960 bits per heavy atom. The van der Waals surface area contributed by atoms with Crippen LogP contribution < -0.4 is 10.6 Å². The summed E-state index contributed by atoms with van der Waals surface area (Å²) < 4.78 is 12.9. The van der Waals surface area contributed by atoms with Gasteiger partial charge >= 0.3 is 0 Å². The quantitative estimate of drug-likeness (QED) is 0.705. The normalized spacial score (nSPS) is 10.3. The zero-order valence-corrected chi connectivity index (χ0v) is 13.8. The molecular weight excluding hydrogens is 317 g/mol. The van der Waals surface area contributed by atoms with E-state index in [0.29, 0.717) is 5.69 Å². The van der Waals surface area contributed by atoms with Crippen LogP contribution in [0.1, 0.15) is 23.0 Å². The molecule has 3 aromatic rings. The fourth-order valence-electron chi connectivity index (χ4n) is 2.35. The molecule has 3 rings (SSSR count). The first-order chi connectivity index (χ1) is 12.1. The number of rotatable bonds is 5. The lowest BCUT2D eigenvalue weighted by atomic mass is 10.1. The monoisotopic (exact) mass is 335 g/mol. The zero-order valence-electron chi connectivity index (χ0n) is 13.8. The van der Waals surface area contributed by atoms with Gasteiger partial charge < -0.3 is 10.6 Å². The molecule has 126 valence electrons. The molecule has 0 saturated carbocycles. The molecule has 0 saturated heterocycles. The molecule has 0 aliphatic heterocycles. The van der Waals surface area contributed by atoms with E-state index in [1.807, 2.05) is 12.1 Å². The van der Waals surface area contributed by atoms with Crippen molar-refractivity contribution < 1.29 is 9.18 Å². The largest absolute Gasteiger partial charge is 0.355 e. The summed E-state index contributed by atoms with van der Waals surface area (Å²) in [6.45, 7) is 2.11. The van der Waals surface area contributed by atoms with Gasteiger partial charge in [-0.05, 0) is 60.5 Å². The number of aromatic nitrogens is 1. The molecule has 5 heteroatoms. The van der Waals surface area contributed by atoms with Crippen molar-refractivity contribution >= 4 is 23.0 Å². The topological polar surface area (TPSA) is 54.0 Å². The molecular formula is C20H18FN3O. The summed E-state index contributed by atoms with van der Waals surface area (Å²) in [7, 11) is 0. The SMILES string of the molecule is CCc1ccc(Nc2ccnc(C(=O)Nc3ccc(F)cc3)c2)cc1.